The highest BCUT2D eigenvalue weighted by Gasteiger charge is 2.03. The minimum Gasteiger partial charge on any atom is -0.326 e. The Morgan fingerprint density at radius 3 is 2.87 bits per heavy atom. The van der Waals surface area contributed by atoms with Crippen LogP contribution in [0.3, 0.4) is 0 Å². The summed E-state index contributed by atoms with van der Waals surface area (Å²) >= 11 is 0. The summed E-state index contributed by atoms with van der Waals surface area (Å²) in [6.45, 7) is 2.55. The molecule has 0 radical (unpaired) electrons. The second-order valence-electron chi connectivity index (χ2n) is 5.44. The highest BCUT2D eigenvalue weighted by Crippen LogP contribution is 2.10. The van der Waals surface area contributed by atoms with Gasteiger partial charge in [0, 0.05) is 30.9 Å². The van der Waals surface area contributed by atoms with Crippen molar-refractivity contribution in [2.75, 3.05) is 5.32 Å². The molecule has 0 spiro atoms. The molecule has 2 aromatic rings. The van der Waals surface area contributed by atoms with Crippen LogP contribution in [0.15, 0.2) is 47.4 Å². The lowest BCUT2D eigenvalue weighted by molar-refractivity contribution is -0.116. The summed E-state index contributed by atoms with van der Waals surface area (Å²) in [5, 5.41) is 11.6. The van der Waals surface area contributed by atoms with Gasteiger partial charge in [0.25, 0.3) is 5.56 Å². The van der Waals surface area contributed by atoms with E-state index < -0.39 is 0 Å². The molecule has 1 aromatic heterocycles. The summed E-state index contributed by atoms with van der Waals surface area (Å²) in [6, 6.07) is 12.2. The SMILES string of the molecule is Cc1ccc(=O)n(CCCCC(=O)Nc2cccc(C#N)c2)c1. The van der Waals surface area contributed by atoms with Crippen molar-refractivity contribution in [2.24, 2.45) is 0 Å². The highest BCUT2D eigenvalue weighted by molar-refractivity contribution is 5.90. The van der Waals surface area contributed by atoms with Crippen LogP contribution in [0.5, 0.6) is 0 Å². The number of unbranched alkanes of at least 4 members (excludes halogenated alkanes) is 1. The minimum atomic E-state index is -0.0864. The minimum absolute atomic E-state index is 0.0200. The molecule has 1 aromatic carbocycles. The van der Waals surface area contributed by atoms with Crippen molar-refractivity contribution in [3.8, 4) is 6.07 Å². The second kappa shape index (κ2) is 7.95. The molecule has 1 amide bonds. The van der Waals surface area contributed by atoms with E-state index in [1.165, 1.54) is 0 Å². The molecule has 0 aliphatic carbocycles. The Bertz CT molecular complexity index is 787. The first-order valence-corrected chi connectivity index (χ1v) is 7.55. The Kier molecular flexibility index (Phi) is 5.70. The lowest BCUT2D eigenvalue weighted by Gasteiger charge is -2.07. The highest BCUT2D eigenvalue weighted by atomic mass is 16.1. The number of rotatable bonds is 6. The topological polar surface area (TPSA) is 74.9 Å². The average Bonchev–Trinajstić information content (AvgIpc) is 2.54. The van der Waals surface area contributed by atoms with Gasteiger partial charge in [-0.3, -0.25) is 9.59 Å². The van der Waals surface area contributed by atoms with Crippen molar-refractivity contribution in [1.29, 1.82) is 5.26 Å². The predicted octanol–water partition coefficient (Wildman–Crippen LogP) is 2.84. The zero-order valence-electron chi connectivity index (χ0n) is 13.1. The molecule has 5 heteroatoms. The van der Waals surface area contributed by atoms with Gasteiger partial charge in [0.2, 0.25) is 5.91 Å². The molecule has 0 atom stereocenters. The lowest BCUT2D eigenvalue weighted by Crippen LogP contribution is -2.19. The summed E-state index contributed by atoms with van der Waals surface area (Å²) in [4.78, 5) is 23.5. The van der Waals surface area contributed by atoms with Crippen LogP contribution in [0.4, 0.5) is 5.69 Å². The van der Waals surface area contributed by atoms with Gasteiger partial charge >= 0.3 is 0 Å². The van der Waals surface area contributed by atoms with Gasteiger partial charge in [-0.2, -0.15) is 5.26 Å². The van der Waals surface area contributed by atoms with Gasteiger partial charge < -0.3 is 9.88 Å². The molecular formula is C18H19N3O2. The van der Waals surface area contributed by atoms with Gasteiger partial charge in [0.15, 0.2) is 0 Å². The van der Waals surface area contributed by atoms with Crippen LogP contribution in [0.1, 0.15) is 30.4 Å². The number of nitrogens with one attached hydrogen (secondary N) is 1. The van der Waals surface area contributed by atoms with Crippen LogP contribution in [0.25, 0.3) is 0 Å². The van der Waals surface area contributed by atoms with Gasteiger partial charge in [0.1, 0.15) is 0 Å². The average molecular weight is 309 g/mol. The van der Waals surface area contributed by atoms with E-state index in [4.69, 9.17) is 5.26 Å². The van der Waals surface area contributed by atoms with Crippen molar-refractivity contribution in [1.82, 2.24) is 4.57 Å². The third-order valence-electron chi connectivity index (χ3n) is 3.46. The molecular weight excluding hydrogens is 290 g/mol. The van der Waals surface area contributed by atoms with Crippen molar-refractivity contribution < 1.29 is 4.79 Å². The van der Waals surface area contributed by atoms with Crippen LogP contribution >= 0.6 is 0 Å². The molecule has 0 unspecified atom stereocenters. The number of anilines is 1. The van der Waals surface area contributed by atoms with Gasteiger partial charge in [-0.05, 0) is 43.5 Å². The molecule has 0 aliphatic heterocycles. The van der Waals surface area contributed by atoms with E-state index in [1.54, 1.807) is 41.0 Å². The quantitative estimate of drug-likeness (QED) is 0.834. The van der Waals surface area contributed by atoms with Crippen LogP contribution < -0.4 is 10.9 Å². The number of nitrogens with zero attached hydrogens (tertiary/aromatic N) is 2. The molecule has 0 fully saturated rings. The molecule has 23 heavy (non-hydrogen) atoms. The van der Waals surface area contributed by atoms with Crippen LogP contribution in [0, 0.1) is 18.3 Å². The number of hydrogen-bond donors (Lipinski definition) is 1. The standard InChI is InChI=1S/C18H19N3O2/c1-14-8-9-18(23)21(13-14)10-3-2-7-17(22)20-16-6-4-5-15(11-16)12-19/h4-6,8-9,11,13H,2-3,7,10H2,1H3,(H,20,22). The maximum Gasteiger partial charge on any atom is 0.250 e. The Labute approximate surface area is 135 Å². The number of hydrogen-bond acceptors (Lipinski definition) is 3. The Balaban J connectivity index is 1.78. The Morgan fingerprint density at radius 1 is 1.26 bits per heavy atom. The summed E-state index contributed by atoms with van der Waals surface area (Å²) in [5.41, 5.74) is 2.17. The Morgan fingerprint density at radius 2 is 2.09 bits per heavy atom. The van der Waals surface area contributed by atoms with Crippen molar-refractivity contribution in [2.45, 2.75) is 32.7 Å². The molecule has 0 saturated carbocycles. The number of amides is 1. The maximum absolute atomic E-state index is 11.9. The van der Waals surface area contributed by atoms with Crippen LogP contribution in [-0.2, 0) is 11.3 Å². The number of carbonyl (C=O) groups is 1. The van der Waals surface area contributed by atoms with Crippen LogP contribution in [-0.4, -0.2) is 10.5 Å². The monoisotopic (exact) mass is 309 g/mol. The summed E-state index contributed by atoms with van der Waals surface area (Å²) in [6.07, 6.45) is 3.67. The van der Waals surface area contributed by atoms with Gasteiger partial charge in [-0.25, -0.2) is 0 Å². The largest absolute Gasteiger partial charge is 0.326 e. The third kappa shape index (κ3) is 5.11. The van der Waals surface area contributed by atoms with E-state index in [0.29, 0.717) is 30.6 Å². The van der Waals surface area contributed by atoms with Gasteiger partial charge in [-0.15, -0.1) is 0 Å². The number of aromatic nitrogens is 1. The van der Waals surface area contributed by atoms with Crippen molar-refractivity contribution >= 4 is 11.6 Å². The molecule has 0 bridgehead atoms. The van der Waals surface area contributed by atoms with Gasteiger partial charge in [0.05, 0.1) is 11.6 Å². The van der Waals surface area contributed by atoms with Crippen LogP contribution in [0.2, 0.25) is 0 Å². The number of pyridine rings is 1. The first-order valence-electron chi connectivity index (χ1n) is 7.55. The Hall–Kier alpha value is -2.87. The normalized spacial score (nSPS) is 10.1. The number of aryl methyl sites for hydroxylation is 2. The number of benzene rings is 1. The second-order valence-corrected chi connectivity index (χ2v) is 5.44. The van der Waals surface area contributed by atoms with E-state index in [9.17, 15) is 9.59 Å². The first-order chi connectivity index (χ1) is 11.1. The van der Waals surface area contributed by atoms with Gasteiger partial charge in [-0.1, -0.05) is 12.1 Å². The molecule has 0 saturated heterocycles. The lowest BCUT2D eigenvalue weighted by atomic mass is 10.2. The molecule has 1 N–H and O–H groups in total. The first kappa shape index (κ1) is 16.5. The smallest absolute Gasteiger partial charge is 0.250 e. The van der Waals surface area contributed by atoms with E-state index in [1.807, 2.05) is 19.2 Å². The predicted molar refractivity (Wildman–Crippen MR) is 89.1 cm³/mol. The molecule has 2 rings (SSSR count). The summed E-state index contributed by atoms with van der Waals surface area (Å²) in [7, 11) is 0. The summed E-state index contributed by atoms with van der Waals surface area (Å²) < 4.78 is 1.67. The fourth-order valence-electron chi connectivity index (χ4n) is 2.28. The number of carbonyl (C=O) groups excluding carboxylic acids is 1. The van der Waals surface area contributed by atoms with E-state index in [2.05, 4.69) is 5.32 Å². The van der Waals surface area contributed by atoms with E-state index >= 15 is 0 Å². The van der Waals surface area contributed by atoms with E-state index in [0.717, 1.165) is 12.0 Å². The van der Waals surface area contributed by atoms with E-state index in [-0.39, 0.29) is 11.5 Å². The maximum atomic E-state index is 11.9. The fourth-order valence-corrected chi connectivity index (χ4v) is 2.28. The number of nitriles is 1. The fraction of sp³-hybridized carbons (Fsp3) is 0.278. The molecule has 118 valence electrons. The molecule has 1 heterocycles. The third-order valence-corrected chi connectivity index (χ3v) is 3.46. The zero-order valence-corrected chi connectivity index (χ0v) is 13.1. The molecule has 0 aliphatic rings. The van der Waals surface area contributed by atoms with Crippen molar-refractivity contribution in [3.05, 3.63) is 64.1 Å². The zero-order chi connectivity index (χ0) is 16.7. The van der Waals surface area contributed by atoms with Crippen molar-refractivity contribution in [3.63, 3.8) is 0 Å². The summed E-state index contributed by atoms with van der Waals surface area (Å²) in [5.74, 6) is -0.0864. The molecule has 5 nitrogen and oxygen atoms in total.